The van der Waals surface area contributed by atoms with Crippen molar-refractivity contribution in [2.75, 3.05) is 31.6 Å². The summed E-state index contributed by atoms with van der Waals surface area (Å²) in [4.78, 5) is 4.40. The highest BCUT2D eigenvalue weighted by Gasteiger charge is 2.16. The molecule has 11 nitrogen and oxygen atoms in total. The normalized spacial score (nSPS) is 13.0. The Labute approximate surface area is 154 Å². The van der Waals surface area contributed by atoms with Gasteiger partial charge in [0.05, 0.1) is 17.6 Å². The van der Waals surface area contributed by atoms with Gasteiger partial charge in [-0.2, -0.15) is 0 Å². The molecule has 13 heteroatoms. The first-order valence-corrected chi connectivity index (χ1v) is 9.19. The monoisotopic (exact) mass is 435 g/mol. The van der Waals surface area contributed by atoms with E-state index in [0.717, 1.165) is 4.47 Å². The van der Waals surface area contributed by atoms with Gasteiger partial charge in [0.1, 0.15) is 12.0 Å². The van der Waals surface area contributed by atoms with Crippen molar-refractivity contribution in [3.8, 4) is 0 Å². The average Bonchev–Trinajstić information content (AvgIpc) is 3.20. The molecule has 2 rings (SSSR count). The van der Waals surface area contributed by atoms with Gasteiger partial charge in [0, 0.05) is 19.6 Å². The molecule has 0 saturated carbocycles. The van der Waals surface area contributed by atoms with Gasteiger partial charge in [0.2, 0.25) is 5.82 Å². The summed E-state index contributed by atoms with van der Waals surface area (Å²) in [6.45, 7) is 1.21. The number of hydrogen-bond donors (Lipinski definition) is 5. The minimum absolute atomic E-state index is 0.0778. The van der Waals surface area contributed by atoms with Crippen molar-refractivity contribution in [2.24, 2.45) is 10.1 Å². The van der Waals surface area contributed by atoms with Crippen LogP contribution in [0.5, 0.6) is 0 Å². The average molecular weight is 436 g/mol. The zero-order valence-corrected chi connectivity index (χ0v) is 15.5. The van der Waals surface area contributed by atoms with Crippen LogP contribution in [0.2, 0.25) is 0 Å². The lowest BCUT2D eigenvalue weighted by molar-refractivity contribution is 0.299. The molecule has 25 heavy (non-hydrogen) atoms. The van der Waals surface area contributed by atoms with Gasteiger partial charge in [-0.15, -0.1) is 0 Å². The summed E-state index contributed by atoms with van der Waals surface area (Å²) in [6.07, 6.45) is 1.56. The zero-order valence-electron chi connectivity index (χ0n) is 13.1. The molecule has 0 aliphatic carbocycles. The van der Waals surface area contributed by atoms with E-state index in [1.54, 1.807) is 12.3 Å². The molecule has 2 aromatic rings. The second-order valence-electron chi connectivity index (χ2n) is 4.63. The molecule has 1 atom stereocenters. The van der Waals surface area contributed by atoms with Crippen LogP contribution in [-0.4, -0.2) is 51.7 Å². The van der Waals surface area contributed by atoms with Crippen LogP contribution in [-0.2, 0) is 17.7 Å². The van der Waals surface area contributed by atoms with E-state index in [2.05, 4.69) is 46.6 Å². The SMILES string of the molecule is NS(=O)NCCNc1nonc1C(=NCc1cc(Br)co1)NCCO. The van der Waals surface area contributed by atoms with Crippen molar-refractivity contribution >= 4 is 38.8 Å². The lowest BCUT2D eigenvalue weighted by atomic mass is 10.3. The number of amidine groups is 1. The fourth-order valence-corrected chi connectivity index (χ4v) is 2.43. The van der Waals surface area contributed by atoms with Gasteiger partial charge in [-0.3, -0.25) is 4.99 Å². The number of furan rings is 1. The molecule has 2 heterocycles. The highest BCUT2D eigenvalue weighted by atomic mass is 79.9. The summed E-state index contributed by atoms with van der Waals surface area (Å²) >= 11 is 1.72. The summed E-state index contributed by atoms with van der Waals surface area (Å²) in [5.41, 5.74) is 0.355. The van der Waals surface area contributed by atoms with E-state index in [1.807, 2.05) is 0 Å². The van der Waals surface area contributed by atoms with E-state index < -0.39 is 11.2 Å². The molecular weight excluding hydrogens is 418 g/mol. The largest absolute Gasteiger partial charge is 0.466 e. The molecule has 0 saturated heterocycles. The Hall–Kier alpha value is -1.80. The summed E-state index contributed by atoms with van der Waals surface area (Å²) in [5.74, 6) is 1.39. The summed E-state index contributed by atoms with van der Waals surface area (Å²) in [6, 6.07) is 1.80. The van der Waals surface area contributed by atoms with Crippen LogP contribution >= 0.6 is 15.9 Å². The number of aromatic nitrogens is 2. The maximum absolute atomic E-state index is 10.8. The molecule has 0 fully saturated rings. The van der Waals surface area contributed by atoms with Crippen LogP contribution in [0.25, 0.3) is 0 Å². The molecule has 6 N–H and O–H groups in total. The molecule has 2 aromatic heterocycles. The lowest BCUT2D eigenvalue weighted by Crippen LogP contribution is -2.30. The molecule has 0 aromatic carbocycles. The third kappa shape index (κ3) is 6.55. The van der Waals surface area contributed by atoms with Crippen molar-refractivity contribution in [1.29, 1.82) is 0 Å². The van der Waals surface area contributed by atoms with Gasteiger partial charge in [0.25, 0.3) is 0 Å². The fraction of sp³-hybridized carbons (Fsp3) is 0.417. The van der Waals surface area contributed by atoms with E-state index in [1.165, 1.54) is 0 Å². The lowest BCUT2D eigenvalue weighted by Gasteiger charge is -2.08. The van der Waals surface area contributed by atoms with E-state index >= 15 is 0 Å². The molecule has 0 aliphatic rings. The van der Waals surface area contributed by atoms with Crippen molar-refractivity contribution in [3.63, 3.8) is 0 Å². The second kappa shape index (κ2) is 10.2. The Bertz CT molecular complexity index is 720. The van der Waals surface area contributed by atoms with Gasteiger partial charge < -0.3 is 20.2 Å². The second-order valence-corrected chi connectivity index (χ2v) is 6.43. The number of anilines is 1. The van der Waals surface area contributed by atoms with Crippen molar-refractivity contribution < 1.29 is 18.4 Å². The molecule has 0 aliphatic heterocycles. The Kier molecular flexibility index (Phi) is 8.00. The molecule has 138 valence electrons. The number of nitrogens with zero attached hydrogens (tertiary/aromatic N) is 3. The van der Waals surface area contributed by atoms with E-state index in [9.17, 15) is 4.21 Å². The number of aliphatic hydroxyl groups excluding tert-OH is 1. The van der Waals surface area contributed by atoms with Gasteiger partial charge in [0.15, 0.2) is 22.7 Å². The first kappa shape index (κ1) is 19.5. The van der Waals surface area contributed by atoms with Crippen LogP contribution in [0.3, 0.4) is 0 Å². The molecule has 1 unspecified atom stereocenters. The number of aliphatic imine (C=N–C) groups is 1. The minimum Gasteiger partial charge on any atom is -0.466 e. The zero-order chi connectivity index (χ0) is 18.1. The predicted octanol–water partition coefficient (Wildman–Crippen LogP) is -0.507. The topological polar surface area (TPSA) is 164 Å². The quantitative estimate of drug-likeness (QED) is 0.189. The third-order valence-corrected chi connectivity index (χ3v) is 3.70. The van der Waals surface area contributed by atoms with E-state index in [0.29, 0.717) is 36.2 Å². The smallest absolute Gasteiger partial charge is 0.202 e. The first-order valence-electron chi connectivity index (χ1n) is 7.18. The van der Waals surface area contributed by atoms with Crippen LogP contribution in [0.4, 0.5) is 5.82 Å². The van der Waals surface area contributed by atoms with Crippen LogP contribution < -0.4 is 20.5 Å². The minimum atomic E-state index is -1.58. The highest BCUT2D eigenvalue weighted by Crippen LogP contribution is 2.16. The van der Waals surface area contributed by atoms with Crippen molar-refractivity contribution in [3.05, 3.63) is 28.3 Å². The molecule has 0 amide bonds. The highest BCUT2D eigenvalue weighted by molar-refractivity contribution is 9.10. The molecule has 0 spiro atoms. The third-order valence-electron chi connectivity index (χ3n) is 2.79. The molecular formula is C12H18BrN7O4S. The first-order chi connectivity index (χ1) is 12.1. The number of hydrogen-bond acceptors (Lipinski definition) is 8. The number of nitrogens with one attached hydrogen (secondary N) is 3. The summed E-state index contributed by atoms with van der Waals surface area (Å²) in [7, 11) is 0. The standard InChI is InChI=1S/C12H18BrN7O4S/c13-8-5-9(23-7-8)6-17-11(16-3-4-21)10-12(20-24-19-10)15-1-2-18-25(14)22/h5,7,18,21H,1-4,6,14H2,(H,15,20)(H,16,17). The summed E-state index contributed by atoms with van der Waals surface area (Å²) < 4.78 is 24.2. The van der Waals surface area contributed by atoms with Crippen molar-refractivity contribution in [1.82, 2.24) is 20.4 Å². The fourth-order valence-electron chi connectivity index (χ4n) is 1.77. The number of aliphatic hydroxyl groups is 1. The number of nitrogens with two attached hydrogens (primary N) is 1. The Morgan fingerprint density at radius 2 is 2.24 bits per heavy atom. The van der Waals surface area contributed by atoms with Gasteiger partial charge in [-0.05, 0) is 32.3 Å². The van der Waals surface area contributed by atoms with Gasteiger partial charge >= 0.3 is 0 Å². The van der Waals surface area contributed by atoms with Gasteiger partial charge in [-0.25, -0.2) is 18.7 Å². The molecule has 0 radical (unpaired) electrons. The summed E-state index contributed by atoms with van der Waals surface area (Å²) in [5, 5.41) is 27.7. The van der Waals surface area contributed by atoms with Gasteiger partial charge in [-0.1, -0.05) is 0 Å². The van der Waals surface area contributed by atoms with E-state index in [-0.39, 0.29) is 19.7 Å². The van der Waals surface area contributed by atoms with Crippen LogP contribution in [0.15, 0.2) is 30.8 Å². The number of halogens is 1. The van der Waals surface area contributed by atoms with Crippen LogP contribution in [0, 0.1) is 0 Å². The molecule has 0 bridgehead atoms. The maximum atomic E-state index is 10.8. The van der Waals surface area contributed by atoms with Crippen molar-refractivity contribution in [2.45, 2.75) is 6.54 Å². The van der Waals surface area contributed by atoms with E-state index in [4.69, 9.17) is 19.3 Å². The Morgan fingerprint density at radius 1 is 1.40 bits per heavy atom. The maximum Gasteiger partial charge on any atom is 0.202 e. The number of rotatable bonds is 10. The Morgan fingerprint density at radius 3 is 2.92 bits per heavy atom. The van der Waals surface area contributed by atoms with Crippen LogP contribution in [0.1, 0.15) is 11.5 Å². The predicted molar refractivity (Wildman–Crippen MR) is 94.9 cm³/mol. The Balaban J connectivity index is 2.06.